The largest absolute Gasteiger partial charge is 0.325 e. The van der Waals surface area contributed by atoms with Crippen LogP contribution in [0.4, 0.5) is 10.1 Å². The number of carbonyl (C=O) groups excluding carboxylic acids is 1. The van der Waals surface area contributed by atoms with Gasteiger partial charge in [0.05, 0.1) is 5.41 Å². The van der Waals surface area contributed by atoms with E-state index in [9.17, 15) is 9.18 Å². The Kier molecular flexibility index (Phi) is 5.30. The van der Waals surface area contributed by atoms with Gasteiger partial charge in [-0.15, -0.1) is 10.2 Å². The first kappa shape index (κ1) is 19.9. The number of amides is 1. The van der Waals surface area contributed by atoms with Crippen LogP contribution in [0.15, 0.2) is 48.5 Å². The van der Waals surface area contributed by atoms with E-state index < -0.39 is 5.41 Å². The zero-order chi connectivity index (χ0) is 21.3. The number of halogens is 1. The molecule has 2 aromatic carbocycles. The molecule has 0 atom stereocenters. The third-order valence-electron chi connectivity index (χ3n) is 6.78. The van der Waals surface area contributed by atoms with Crippen LogP contribution >= 0.6 is 0 Å². The summed E-state index contributed by atoms with van der Waals surface area (Å²) >= 11 is 0. The van der Waals surface area contributed by atoms with Gasteiger partial charge in [0.25, 0.3) is 0 Å². The second-order valence-corrected chi connectivity index (χ2v) is 8.73. The predicted octanol–water partition coefficient (Wildman–Crippen LogP) is 5.26. The van der Waals surface area contributed by atoms with Crippen molar-refractivity contribution in [3.63, 3.8) is 0 Å². The van der Waals surface area contributed by atoms with Crippen LogP contribution in [0.25, 0.3) is 11.4 Å². The summed E-state index contributed by atoms with van der Waals surface area (Å²) in [4.78, 5) is 13.3. The minimum atomic E-state index is -0.662. The van der Waals surface area contributed by atoms with Crippen molar-refractivity contribution >= 4 is 11.6 Å². The van der Waals surface area contributed by atoms with Crippen LogP contribution in [0.2, 0.25) is 0 Å². The number of nitrogens with one attached hydrogen (secondary N) is 1. The van der Waals surface area contributed by atoms with E-state index >= 15 is 0 Å². The van der Waals surface area contributed by atoms with Gasteiger partial charge in [0.1, 0.15) is 11.6 Å². The molecule has 0 saturated heterocycles. The highest BCUT2D eigenvalue weighted by atomic mass is 19.1. The Balaban J connectivity index is 1.37. The van der Waals surface area contributed by atoms with Crippen molar-refractivity contribution in [3.8, 4) is 11.4 Å². The summed E-state index contributed by atoms with van der Waals surface area (Å²) < 4.78 is 16.1. The zero-order valence-electron chi connectivity index (χ0n) is 17.6. The van der Waals surface area contributed by atoms with Gasteiger partial charge in [-0.3, -0.25) is 4.79 Å². The topological polar surface area (TPSA) is 59.8 Å². The zero-order valence-corrected chi connectivity index (χ0v) is 17.6. The van der Waals surface area contributed by atoms with E-state index in [4.69, 9.17) is 0 Å². The van der Waals surface area contributed by atoms with Gasteiger partial charge >= 0.3 is 0 Å². The molecule has 1 aliphatic carbocycles. The number of anilines is 1. The first-order valence-electron chi connectivity index (χ1n) is 11.3. The average Bonchev–Trinajstić information content (AvgIpc) is 3.37. The Morgan fingerprint density at radius 2 is 1.77 bits per heavy atom. The van der Waals surface area contributed by atoms with Crippen LogP contribution in [-0.2, 0) is 23.2 Å². The van der Waals surface area contributed by atoms with Crippen LogP contribution in [0.5, 0.6) is 0 Å². The summed E-state index contributed by atoms with van der Waals surface area (Å²) in [7, 11) is 0. The standard InChI is InChI=1S/C25H27FN4O/c26-20-8-6-7-19(17-20)25(14-3-4-15-25)24(31)27-21-12-10-18(11-13-21)23-29-28-22-9-2-1-5-16-30(22)23/h6-8,10-13,17H,1-5,9,14-16H2,(H,27,31). The van der Waals surface area contributed by atoms with Crippen molar-refractivity contribution in [1.29, 1.82) is 0 Å². The van der Waals surface area contributed by atoms with E-state index in [1.165, 1.54) is 18.6 Å². The van der Waals surface area contributed by atoms with E-state index in [0.29, 0.717) is 0 Å². The van der Waals surface area contributed by atoms with Crippen LogP contribution in [0.1, 0.15) is 56.3 Å². The van der Waals surface area contributed by atoms with Crippen molar-refractivity contribution < 1.29 is 9.18 Å². The molecule has 6 heteroatoms. The van der Waals surface area contributed by atoms with Gasteiger partial charge in [-0.1, -0.05) is 31.4 Å². The molecule has 1 amide bonds. The average molecular weight is 419 g/mol. The number of hydrogen-bond donors (Lipinski definition) is 1. The first-order chi connectivity index (χ1) is 15.2. The number of aryl methyl sites for hydroxylation is 1. The summed E-state index contributed by atoms with van der Waals surface area (Å²) in [6.45, 7) is 0.951. The number of carbonyl (C=O) groups is 1. The van der Waals surface area contributed by atoms with Crippen molar-refractivity contribution in [2.45, 2.75) is 63.3 Å². The fourth-order valence-electron chi connectivity index (χ4n) is 5.06. The van der Waals surface area contributed by atoms with Gasteiger partial charge in [0, 0.05) is 24.2 Å². The first-order valence-corrected chi connectivity index (χ1v) is 11.3. The van der Waals surface area contributed by atoms with Gasteiger partial charge in [0.15, 0.2) is 5.82 Å². The molecule has 0 radical (unpaired) electrons. The van der Waals surface area contributed by atoms with Crippen LogP contribution in [0, 0.1) is 5.82 Å². The highest BCUT2D eigenvalue weighted by Crippen LogP contribution is 2.42. The molecule has 5 nitrogen and oxygen atoms in total. The normalized spacial score (nSPS) is 17.7. The molecule has 1 N–H and O–H groups in total. The van der Waals surface area contributed by atoms with Crippen molar-refractivity contribution in [1.82, 2.24) is 14.8 Å². The molecule has 1 aromatic heterocycles. The third-order valence-corrected chi connectivity index (χ3v) is 6.78. The Hall–Kier alpha value is -3.02. The highest BCUT2D eigenvalue weighted by Gasteiger charge is 2.42. The maximum Gasteiger partial charge on any atom is 0.235 e. The van der Waals surface area contributed by atoms with Crippen molar-refractivity contribution in [3.05, 3.63) is 65.7 Å². The van der Waals surface area contributed by atoms with Crippen molar-refractivity contribution in [2.24, 2.45) is 0 Å². The predicted molar refractivity (Wildman–Crippen MR) is 118 cm³/mol. The fourth-order valence-corrected chi connectivity index (χ4v) is 5.06. The second kappa shape index (κ2) is 8.25. The lowest BCUT2D eigenvalue weighted by Gasteiger charge is -2.28. The van der Waals surface area contributed by atoms with E-state index in [-0.39, 0.29) is 11.7 Å². The Morgan fingerprint density at radius 3 is 2.55 bits per heavy atom. The summed E-state index contributed by atoms with van der Waals surface area (Å²) in [5, 5.41) is 11.9. The molecule has 0 unspecified atom stereocenters. The lowest BCUT2D eigenvalue weighted by molar-refractivity contribution is -0.121. The molecule has 2 aliphatic rings. The molecular formula is C25H27FN4O. The maximum atomic E-state index is 13.9. The molecule has 0 bridgehead atoms. The number of rotatable bonds is 4. The van der Waals surface area contributed by atoms with E-state index in [1.807, 2.05) is 30.3 Å². The van der Waals surface area contributed by atoms with Gasteiger partial charge in [0.2, 0.25) is 5.91 Å². The lowest BCUT2D eigenvalue weighted by Crippen LogP contribution is -2.38. The van der Waals surface area contributed by atoms with E-state index in [2.05, 4.69) is 20.1 Å². The second-order valence-electron chi connectivity index (χ2n) is 8.73. The Morgan fingerprint density at radius 1 is 0.968 bits per heavy atom. The monoisotopic (exact) mass is 418 g/mol. The molecule has 1 aliphatic heterocycles. The SMILES string of the molecule is O=C(Nc1ccc(-c2nnc3n2CCCCC3)cc1)C1(c2cccc(F)c2)CCCC1. The molecule has 3 aromatic rings. The molecule has 0 spiro atoms. The quantitative estimate of drug-likeness (QED) is 0.629. The van der Waals surface area contributed by atoms with Crippen molar-refractivity contribution in [2.75, 3.05) is 5.32 Å². The highest BCUT2D eigenvalue weighted by molar-refractivity contribution is 5.99. The maximum absolute atomic E-state index is 13.9. The third kappa shape index (κ3) is 3.75. The van der Waals surface area contributed by atoms with Gasteiger partial charge < -0.3 is 9.88 Å². The number of nitrogens with zero attached hydrogens (tertiary/aromatic N) is 3. The summed E-state index contributed by atoms with van der Waals surface area (Å²) in [6.07, 6.45) is 7.94. The molecule has 31 heavy (non-hydrogen) atoms. The molecule has 5 rings (SSSR count). The number of benzene rings is 2. The minimum Gasteiger partial charge on any atom is -0.325 e. The Bertz CT molecular complexity index is 1080. The van der Waals surface area contributed by atoms with Gasteiger partial charge in [-0.2, -0.15) is 0 Å². The summed E-state index contributed by atoms with van der Waals surface area (Å²) in [5.74, 6) is 1.60. The number of hydrogen-bond acceptors (Lipinski definition) is 3. The summed E-state index contributed by atoms with van der Waals surface area (Å²) in [5.41, 5.74) is 1.85. The lowest BCUT2D eigenvalue weighted by atomic mass is 9.78. The molecular weight excluding hydrogens is 391 g/mol. The van der Waals surface area contributed by atoms with E-state index in [0.717, 1.165) is 80.0 Å². The molecule has 2 heterocycles. The van der Waals surface area contributed by atoms with Crippen LogP contribution in [0.3, 0.4) is 0 Å². The number of fused-ring (bicyclic) bond motifs is 1. The van der Waals surface area contributed by atoms with Gasteiger partial charge in [-0.25, -0.2) is 4.39 Å². The van der Waals surface area contributed by atoms with Crippen LogP contribution < -0.4 is 5.32 Å². The van der Waals surface area contributed by atoms with E-state index in [1.54, 1.807) is 6.07 Å². The summed E-state index contributed by atoms with van der Waals surface area (Å²) in [6, 6.07) is 14.3. The number of aromatic nitrogens is 3. The fraction of sp³-hybridized carbons (Fsp3) is 0.400. The molecule has 1 fully saturated rings. The smallest absolute Gasteiger partial charge is 0.235 e. The van der Waals surface area contributed by atoms with Crippen LogP contribution in [-0.4, -0.2) is 20.7 Å². The minimum absolute atomic E-state index is 0.0558. The van der Waals surface area contributed by atoms with Gasteiger partial charge in [-0.05, 0) is 67.6 Å². The molecule has 1 saturated carbocycles. The molecule has 160 valence electrons. The Labute approximate surface area is 181 Å².